The van der Waals surface area contributed by atoms with Crippen molar-refractivity contribution in [1.82, 2.24) is 5.32 Å². The second-order valence-corrected chi connectivity index (χ2v) is 7.22. The van der Waals surface area contributed by atoms with Crippen molar-refractivity contribution in [2.24, 2.45) is 0 Å². The van der Waals surface area contributed by atoms with E-state index in [9.17, 15) is 17.6 Å². The third-order valence-corrected chi connectivity index (χ3v) is 4.77. The van der Waals surface area contributed by atoms with Gasteiger partial charge in [-0.2, -0.15) is 13.2 Å². The molecule has 2 aromatic rings. The Morgan fingerprint density at radius 2 is 1.95 bits per heavy atom. The first-order valence-electron chi connectivity index (χ1n) is 6.17. The lowest BCUT2D eigenvalue weighted by atomic mass is 9.99. The highest BCUT2D eigenvalue weighted by atomic mass is 127. The quantitative estimate of drug-likeness (QED) is 0.520. The van der Waals surface area contributed by atoms with E-state index in [1.54, 1.807) is 0 Å². The van der Waals surface area contributed by atoms with Crippen LogP contribution in [0.3, 0.4) is 0 Å². The van der Waals surface area contributed by atoms with Gasteiger partial charge in [0.25, 0.3) is 0 Å². The van der Waals surface area contributed by atoms with Crippen LogP contribution >= 0.6 is 33.9 Å². The normalized spacial score (nSPS) is 13.4. The van der Waals surface area contributed by atoms with E-state index in [0.717, 1.165) is 20.6 Å². The van der Waals surface area contributed by atoms with Gasteiger partial charge < -0.3 is 5.32 Å². The predicted octanol–water partition coefficient (Wildman–Crippen LogP) is 5.21. The predicted molar refractivity (Wildman–Crippen MR) is 84.0 cm³/mol. The Balaban J connectivity index is 2.40. The Labute approximate surface area is 137 Å². The van der Waals surface area contributed by atoms with Crippen LogP contribution in [-0.4, -0.2) is 6.54 Å². The van der Waals surface area contributed by atoms with Gasteiger partial charge in [-0.25, -0.2) is 4.39 Å². The van der Waals surface area contributed by atoms with Crippen molar-refractivity contribution in [3.63, 3.8) is 0 Å². The first-order chi connectivity index (χ1) is 9.82. The van der Waals surface area contributed by atoms with Crippen LogP contribution in [0, 0.1) is 8.70 Å². The van der Waals surface area contributed by atoms with Gasteiger partial charge in [0.15, 0.2) is 0 Å². The second kappa shape index (κ2) is 6.62. The van der Waals surface area contributed by atoms with Crippen LogP contribution in [0.15, 0.2) is 29.6 Å². The van der Waals surface area contributed by atoms with E-state index in [-0.39, 0.29) is 6.04 Å². The van der Waals surface area contributed by atoms with E-state index in [4.69, 9.17) is 0 Å². The molecule has 7 heteroatoms. The first kappa shape index (κ1) is 16.7. The van der Waals surface area contributed by atoms with Crippen molar-refractivity contribution < 1.29 is 17.6 Å². The first-order valence-corrected chi connectivity index (χ1v) is 8.12. The largest absolute Gasteiger partial charge is 0.419 e. The van der Waals surface area contributed by atoms with Crippen molar-refractivity contribution in [1.29, 1.82) is 0 Å². The fourth-order valence-electron chi connectivity index (χ4n) is 2.05. The van der Waals surface area contributed by atoms with Crippen LogP contribution in [-0.2, 0) is 6.18 Å². The molecular weight excluding hydrogens is 417 g/mol. The summed E-state index contributed by atoms with van der Waals surface area (Å²) in [6.45, 7) is 2.52. The molecule has 0 aliphatic rings. The number of nitrogens with one attached hydrogen (secondary N) is 1. The molecule has 0 fully saturated rings. The topological polar surface area (TPSA) is 12.0 Å². The minimum atomic E-state index is -4.67. The Kier molecular flexibility index (Phi) is 5.26. The van der Waals surface area contributed by atoms with Gasteiger partial charge >= 0.3 is 6.18 Å². The van der Waals surface area contributed by atoms with Gasteiger partial charge in [0.1, 0.15) is 5.82 Å². The van der Waals surface area contributed by atoms with Crippen LogP contribution in [0.25, 0.3) is 0 Å². The van der Waals surface area contributed by atoms with Gasteiger partial charge in [-0.3, -0.25) is 0 Å². The molecule has 0 aliphatic heterocycles. The van der Waals surface area contributed by atoms with Crippen molar-refractivity contribution in [2.75, 3.05) is 6.54 Å². The van der Waals surface area contributed by atoms with Gasteiger partial charge in [0.2, 0.25) is 0 Å². The summed E-state index contributed by atoms with van der Waals surface area (Å²) in [5.41, 5.74) is 0.170. The highest BCUT2D eigenvalue weighted by Gasteiger charge is 2.34. The van der Waals surface area contributed by atoms with E-state index in [0.29, 0.717) is 12.1 Å². The minimum Gasteiger partial charge on any atom is -0.307 e. The van der Waals surface area contributed by atoms with Crippen molar-refractivity contribution in [3.05, 3.63) is 55.0 Å². The third kappa shape index (κ3) is 3.95. The summed E-state index contributed by atoms with van der Waals surface area (Å²) >= 11 is 3.71. The summed E-state index contributed by atoms with van der Waals surface area (Å²) < 4.78 is 52.6. The summed E-state index contributed by atoms with van der Waals surface area (Å²) in [6, 6.07) is 4.71. The standard InChI is InChI=1S/C14H12F4INS/c1-2-20-13(9-6-12(19)21-7-9)8-3-4-10(11(15)5-8)14(16,17)18/h3-7,13,20H,2H2,1H3. The molecule has 2 rings (SSSR count). The lowest BCUT2D eigenvalue weighted by molar-refractivity contribution is -0.140. The monoisotopic (exact) mass is 429 g/mol. The molecule has 0 amide bonds. The average Bonchev–Trinajstić information content (AvgIpc) is 2.80. The summed E-state index contributed by atoms with van der Waals surface area (Å²) in [4.78, 5) is 0. The maximum Gasteiger partial charge on any atom is 0.419 e. The maximum absolute atomic E-state index is 13.7. The van der Waals surface area contributed by atoms with E-state index < -0.39 is 17.6 Å². The molecule has 1 unspecified atom stereocenters. The maximum atomic E-state index is 13.7. The molecule has 114 valence electrons. The van der Waals surface area contributed by atoms with Gasteiger partial charge in [-0.1, -0.05) is 13.0 Å². The van der Waals surface area contributed by atoms with E-state index in [2.05, 4.69) is 27.9 Å². The molecule has 1 aromatic carbocycles. The van der Waals surface area contributed by atoms with Crippen LogP contribution in [0.1, 0.15) is 29.7 Å². The van der Waals surface area contributed by atoms with Crippen LogP contribution in [0.4, 0.5) is 17.6 Å². The fraction of sp³-hybridized carbons (Fsp3) is 0.286. The molecule has 0 saturated carbocycles. The Morgan fingerprint density at radius 1 is 1.24 bits per heavy atom. The number of thiophene rings is 1. The lowest BCUT2D eigenvalue weighted by Gasteiger charge is -2.18. The van der Waals surface area contributed by atoms with E-state index in [1.165, 1.54) is 17.4 Å². The van der Waals surface area contributed by atoms with E-state index >= 15 is 0 Å². The molecule has 0 aliphatic carbocycles. The van der Waals surface area contributed by atoms with Gasteiger partial charge in [-0.15, -0.1) is 11.3 Å². The smallest absolute Gasteiger partial charge is 0.307 e. The van der Waals surface area contributed by atoms with Crippen molar-refractivity contribution in [2.45, 2.75) is 19.1 Å². The van der Waals surface area contributed by atoms with Crippen molar-refractivity contribution in [3.8, 4) is 0 Å². The Hall–Kier alpha value is -0.670. The van der Waals surface area contributed by atoms with E-state index in [1.807, 2.05) is 18.4 Å². The van der Waals surface area contributed by atoms with Crippen molar-refractivity contribution >= 4 is 33.9 Å². The number of hydrogen-bond acceptors (Lipinski definition) is 2. The third-order valence-electron chi connectivity index (χ3n) is 2.96. The SMILES string of the molecule is CCNC(c1csc(I)c1)c1ccc(C(F)(F)F)c(F)c1. The zero-order valence-electron chi connectivity index (χ0n) is 11.0. The molecule has 1 aromatic heterocycles. The molecular formula is C14H12F4INS. The Bertz CT molecular complexity index is 624. The molecule has 1 heterocycles. The van der Waals surface area contributed by atoms with Crippen LogP contribution in [0.5, 0.6) is 0 Å². The number of benzene rings is 1. The molecule has 1 N–H and O–H groups in total. The minimum absolute atomic E-state index is 0.313. The number of hydrogen-bond donors (Lipinski definition) is 1. The number of alkyl halides is 3. The summed E-state index contributed by atoms with van der Waals surface area (Å²) in [5, 5.41) is 5.09. The number of halogens is 5. The zero-order valence-corrected chi connectivity index (χ0v) is 13.9. The number of rotatable bonds is 4. The van der Waals surface area contributed by atoms with Crippen LogP contribution < -0.4 is 5.32 Å². The van der Waals surface area contributed by atoms with Gasteiger partial charge in [0, 0.05) is 0 Å². The molecule has 1 atom stereocenters. The molecule has 0 radical (unpaired) electrons. The molecule has 0 bridgehead atoms. The van der Waals surface area contributed by atoms with Gasteiger partial charge in [-0.05, 0) is 63.8 Å². The fourth-order valence-corrected chi connectivity index (χ4v) is 3.45. The van der Waals surface area contributed by atoms with Gasteiger partial charge in [0.05, 0.1) is 14.5 Å². The average molecular weight is 429 g/mol. The molecule has 21 heavy (non-hydrogen) atoms. The van der Waals surface area contributed by atoms with Crippen LogP contribution in [0.2, 0.25) is 0 Å². The molecule has 0 saturated heterocycles. The lowest BCUT2D eigenvalue weighted by Crippen LogP contribution is -2.22. The highest BCUT2D eigenvalue weighted by Crippen LogP contribution is 2.34. The molecule has 1 nitrogen and oxygen atoms in total. The zero-order chi connectivity index (χ0) is 15.6. The summed E-state index contributed by atoms with van der Waals surface area (Å²) in [5.74, 6) is -1.24. The highest BCUT2D eigenvalue weighted by molar-refractivity contribution is 14.1. The Morgan fingerprint density at radius 3 is 2.43 bits per heavy atom. The molecule has 0 spiro atoms. The summed E-state index contributed by atoms with van der Waals surface area (Å²) in [7, 11) is 0. The second-order valence-electron chi connectivity index (χ2n) is 4.41. The summed E-state index contributed by atoms with van der Waals surface area (Å²) in [6.07, 6.45) is -4.67.